The first-order valence-corrected chi connectivity index (χ1v) is 8.00. The average molecular weight is 276 g/mol. The Morgan fingerprint density at radius 1 is 0.950 bits per heavy atom. The molecule has 2 nitrogen and oxygen atoms in total. The lowest BCUT2D eigenvalue weighted by Gasteiger charge is -2.06. The molecule has 0 spiro atoms. The van der Waals surface area contributed by atoms with Crippen LogP contribution >= 0.6 is 0 Å². The van der Waals surface area contributed by atoms with E-state index in [4.69, 9.17) is 4.74 Å². The first-order valence-electron chi connectivity index (χ1n) is 8.00. The van der Waals surface area contributed by atoms with Crippen LogP contribution in [0.2, 0.25) is 0 Å². The van der Waals surface area contributed by atoms with E-state index in [9.17, 15) is 4.79 Å². The van der Waals surface area contributed by atoms with Gasteiger partial charge in [-0.15, -0.1) is 0 Å². The Morgan fingerprint density at radius 2 is 1.55 bits per heavy atom. The first-order chi connectivity index (χ1) is 9.74. The number of aryl methyl sites for hydroxylation is 1. The topological polar surface area (TPSA) is 26.3 Å². The highest BCUT2D eigenvalue weighted by Crippen LogP contribution is 2.17. The SMILES string of the molecule is CCCCCCCCCCC(=O)Oc1ccccc1C. The Kier molecular flexibility index (Phi) is 8.77. The Bertz CT molecular complexity index is 385. The summed E-state index contributed by atoms with van der Waals surface area (Å²) in [6.45, 7) is 4.19. The molecular formula is C18H28O2. The molecule has 0 fully saturated rings. The molecule has 0 heterocycles. The summed E-state index contributed by atoms with van der Waals surface area (Å²) in [6.07, 6.45) is 10.5. The van der Waals surface area contributed by atoms with E-state index in [0.29, 0.717) is 12.2 Å². The zero-order valence-electron chi connectivity index (χ0n) is 13.0. The molecule has 0 aliphatic rings. The molecule has 0 N–H and O–H groups in total. The molecule has 1 aromatic carbocycles. The van der Waals surface area contributed by atoms with Gasteiger partial charge in [0.15, 0.2) is 0 Å². The Labute approximate surface area is 123 Å². The molecular weight excluding hydrogens is 248 g/mol. The lowest BCUT2D eigenvalue weighted by molar-refractivity contribution is -0.134. The van der Waals surface area contributed by atoms with E-state index in [1.54, 1.807) is 0 Å². The summed E-state index contributed by atoms with van der Waals surface area (Å²) in [7, 11) is 0. The third-order valence-electron chi connectivity index (χ3n) is 3.55. The lowest BCUT2D eigenvalue weighted by Crippen LogP contribution is -2.08. The molecule has 0 unspecified atom stereocenters. The molecule has 0 aromatic heterocycles. The van der Waals surface area contributed by atoms with Crippen molar-refractivity contribution in [2.45, 2.75) is 71.6 Å². The number of carbonyl (C=O) groups is 1. The fourth-order valence-electron chi connectivity index (χ4n) is 2.25. The fourth-order valence-corrected chi connectivity index (χ4v) is 2.25. The number of carbonyl (C=O) groups excluding carboxylic acids is 1. The molecule has 0 aliphatic heterocycles. The van der Waals surface area contributed by atoms with Crippen molar-refractivity contribution in [3.63, 3.8) is 0 Å². The second kappa shape index (κ2) is 10.5. The van der Waals surface area contributed by atoms with Crippen molar-refractivity contribution in [2.24, 2.45) is 0 Å². The minimum absolute atomic E-state index is 0.106. The Hall–Kier alpha value is -1.31. The number of esters is 1. The number of benzene rings is 1. The Morgan fingerprint density at radius 3 is 2.20 bits per heavy atom. The molecule has 0 saturated heterocycles. The summed E-state index contributed by atoms with van der Waals surface area (Å²) >= 11 is 0. The monoisotopic (exact) mass is 276 g/mol. The molecule has 0 aliphatic carbocycles. The van der Waals surface area contributed by atoms with Gasteiger partial charge >= 0.3 is 5.97 Å². The van der Waals surface area contributed by atoms with Crippen molar-refractivity contribution in [3.05, 3.63) is 29.8 Å². The second-order valence-electron chi connectivity index (χ2n) is 5.46. The highest BCUT2D eigenvalue weighted by Gasteiger charge is 2.06. The Balaban J connectivity index is 2.05. The van der Waals surface area contributed by atoms with Crippen LogP contribution in [0.1, 0.15) is 70.3 Å². The highest BCUT2D eigenvalue weighted by molar-refractivity contribution is 5.72. The standard InChI is InChI=1S/C18H28O2/c1-3-4-5-6-7-8-9-10-15-18(19)20-17-14-12-11-13-16(17)2/h11-14H,3-10,15H2,1-2H3. The van der Waals surface area contributed by atoms with Gasteiger partial charge in [0.05, 0.1) is 0 Å². The number of para-hydroxylation sites is 1. The molecule has 0 amide bonds. The number of unbranched alkanes of at least 4 members (excludes halogenated alkanes) is 7. The van der Waals surface area contributed by atoms with Gasteiger partial charge in [-0.1, -0.05) is 70.1 Å². The summed E-state index contributed by atoms with van der Waals surface area (Å²) in [4.78, 5) is 11.7. The van der Waals surface area contributed by atoms with Gasteiger partial charge in [-0.05, 0) is 25.0 Å². The van der Waals surface area contributed by atoms with E-state index in [1.165, 1.54) is 38.5 Å². The number of hydrogen-bond acceptors (Lipinski definition) is 2. The zero-order valence-corrected chi connectivity index (χ0v) is 13.0. The van der Waals surface area contributed by atoms with Gasteiger partial charge in [0.1, 0.15) is 5.75 Å². The molecule has 0 atom stereocenters. The maximum Gasteiger partial charge on any atom is 0.311 e. The average Bonchev–Trinajstić information content (AvgIpc) is 2.44. The van der Waals surface area contributed by atoms with Gasteiger partial charge in [0.25, 0.3) is 0 Å². The van der Waals surface area contributed by atoms with E-state index in [-0.39, 0.29) is 5.97 Å². The van der Waals surface area contributed by atoms with E-state index < -0.39 is 0 Å². The number of ether oxygens (including phenoxy) is 1. The van der Waals surface area contributed by atoms with Crippen LogP contribution in [0.4, 0.5) is 0 Å². The van der Waals surface area contributed by atoms with E-state index >= 15 is 0 Å². The minimum Gasteiger partial charge on any atom is -0.426 e. The third-order valence-corrected chi connectivity index (χ3v) is 3.55. The van der Waals surface area contributed by atoms with Crippen molar-refractivity contribution in [1.29, 1.82) is 0 Å². The molecule has 1 aromatic rings. The smallest absolute Gasteiger partial charge is 0.311 e. The van der Waals surface area contributed by atoms with Crippen LogP contribution < -0.4 is 4.74 Å². The highest BCUT2D eigenvalue weighted by atomic mass is 16.5. The van der Waals surface area contributed by atoms with Crippen molar-refractivity contribution >= 4 is 5.97 Å². The van der Waals surface area contributed by atoms with Crippen LogP contribution in [-0.4, -0.2) is 5.97 Å². The van der Waals surface area contributed by atoms with Crippen molar-refractivity contribution in [1.82, 2.24) is 0 Å². The molecule has 112 valence electrons. The molecule has 2 heteroatoms. The summed E-state index contributed by atoms with van der Waals surface area (Å²) in [6, 6.07) is 7.65. The molecule has 0 bridgehead atoms. The van der Waals surface area contributed by atoms with E-state index in [2.05, 4.69) is 6.92 Å². The normalized spacial score (nSPS) is 10.5. The van der Waals surface area contributed by atoms with Crippen LogP contribution in [0.3, 0.4) is 0 Å². The largest absolute Gasteiger partial charge is 0.426 e. The first kappa shape index (κ1) is 16.7. The van der Waals surface area contributed by atoms with Crippen molar-refractivity contribution in [2.75, 3.05) is 0 Å². The van der Waals surface area contributed by atoms with Crippen LogP contribution in [0.15, 0.2) is 24.3 Å². The number of rotatable bonds is 10. The van der Waals surface area contributed by atoms with E-state index in [1.807, 2.05) is 31.2 Å². The van der Waals surface area contributed by atoms with Crippen molar-refractivity contribution < 1.29 is 9.53 Å². The fraction of sp³-hybridized carbons (Fsp3) is 0.611. The third kappa shape index (κ3) is 7.32. The lowest BCUT2D eigenvalue weighted by atomic mass is 10.1. The maximum absolute atomic E-state index is 11.7. The predicted molar refractivity (Wildman–Crippen MR) is 84.0 cm³/mol. The predicted octanol–water partition coefficient (Wildman–Crippen LogP) is 5.43. The van der Waals surface area contributed by atoms with Crippen LogP contribution in [0.25, 0.3) is 0 Å². The minimum atomic E-state index is -0.106. The van der Waals surface area contributed by atoms with Gasteiger partial charge < -0.3 is 4.74 Å². The molecule has 1 rings (SSSR count). The second-order valence-corrected chi connectivity index (χ2v) is 5.46. The van der Waals surface area contributed by atoms with Crippen molar-refractivity contribution in [3.8, 4) is 5.75 Å². The summed E-state index contributed by atoms with van der Waals surface area (Å²) in [5.41, 5.74) is 1.01. The summed E-state index contributed by atoms with van der Waals surface area (Å²) in [5.74, 6) is 0.586. The zero-order chi connectivity index (χ0) is 14.6. The number of hydrogen-bond donors (Lipinski definition) is 0. The van der Waals surface area contributed by atoms with Gasteiger partial charge in [0.2, 0.25) is 0 Å². The van der Waals surface area contributed by atoms with Crippen LogP contribution in [0, 0.1) is 6.92 Å². The van der Waals surface area contributed by atoms with Gasteiger partial charge in [-0.3, -0.25) is 4.79 Å². The quantitative estimate of drug-likeness (QED) is 0.323. The maximum atomic E-state index is 11.7. The molecule has 20 heavy (non-hydrogen) atoms. The van der Waals surface area contributed by atoms with E-state index in [0.717, 1.165) is 18.4 Å². The summed E-state index contributed by atoms with van der Waals surface area (Å²) < 4.78 is 5.37. The summed E-state index contributed by atoms with van der Waals surface area (Å²) in [5, 5.41) is 0. The van der Waals surface area contributed by atoms with Gasteiger partial charge in [-0.25, -0.2) is 0 Å². The van der Waals surface area contributed by atoms with Gasteiger partial charge in [0, 0.05) is 6.42 Å². The van der Waals surface area contributed by atoms with Gasteiger partial charge in [-0.2, -0.15) is 0 Å². The van der Waals surface area contributed by atoms with Crippen LogP contribution in [-0.2, 0) is 4.79 Å². The van der Waals surface area contributed by atoms with Crippen LogP contribution in [0.5, 0.6) is 5.75 Å². The molecule has 0 saturated carbocycles. The molecule has 0 radical (unpaired) electrons.